The SMILES string of the molecule is COc1cccnc1C(=O)c1c(F)cc(F)cc1F. The number of rotatable bonds is 3. The molecule has 0 aliphatic carbocycles. The van der Waals surface area contributed by atoms with Crippen LogP contribution < -0.4 is 4.74 Å². The maximum absolute atomic E-state index is 13.5. The first-order valence-electron chi connectivity index (χ1n) is 5.23. The van der Waals surface area contributed by atoms with Gasteiger partial charge in [0.1, 0.15) is 23.2 Å². The number of methoxy groups -OCH3 is 1. The lowest BCUT2D eigenvalue weighted by atomic mass is 10.1. The summed E-state index contributed by atoms with van der Waals surface area (Å²) in [4.78, 5) is 15.8. The zero-order valence-electron chi connectivity index (χ0n) is 9.78. The van der Waals surface area contributed by atoms with Crippen molar-refractivity contribution in [1.82, 2.24) is 4.98 Å². The van der Waals surface area contributed by atoms with Crippen LogP contribution in [0.25, 0.3) is 0 Å². The third kappa shape index (κ3) is 2.42. The highest BCUT2D eigenvalue weighted by molar-refractivity contribution is 6.09. The van der Waals surface area contributed by atoms with Gasteiger partial charge in [0, 0.05) is 18.3 Å². The minimum atomic E-state index is -1.28. The molecule has 0 aliphatic rings. The molecule has 2 rings (SSSR count). The van der Waals surface area contributed by atoms with E-state index < -0.39 is 28.8 Å². The van der Waals surface area contributed by atoms with Gasteiger partial charge in [-0.2, -0.15) is 0 Å². The fraction of sp³-hybridized carbons (Fsp3) is 0.0769. The molecule has 1 aromatic heterocycles. The van der Waals surface area contributed by atoms with Crippen molar-refractivity contribution in [2.24, 2.45) is 0 Å². The summed E-state index contributed by atoms with van der Waals surface area (Å²) >= 11 is 0. The van der Waals surface area contributed by atoms with Crippen molar-refractivity contribution in [2.45, 2.75) is 0 Å². The van der Waals surface area contributed by atoms with Crippen LogP contribution >= 0.6 is 0 Å². The molecule has 0 spiro atoms. The minimum absolute atomic E-state index is 0.0793. The molecule has 0 amide bonds. The van der Waals surface area contributed by atoms with Gasteiger partial charge >= 0.3 is 0 Å². The molecule has 0 unspecified atom stereocenters. The molecule has 0 saturated carbocycles. The monoisotopic (exact) mass is 267 g/mol. The highest BCUT2D eigenvalue weighted by atomic mass is 19.1. The molecule has 0 aliphatic heterocycles. The third-order valence-electron chi connectivity index (χ3n) is 2.44. The molecule has 0 atom stereocenters. The maximum atomic E-state index is 13.5. The maximum Gasteiger partial charge on any atom is 0.221 e. The lowest BCUT2D eigenvalue weighted by Gasteiger charge is -2.07. The van der Waals surface area contributed by atoms with Crippen molar-refractivity contribution >= 4 is 5.78 Å². The molecular weight excluding hydrogens is 259 g/mol. The average Bonchev–Trinajstić information content (AvgIpc) is 2.37. The topological polar surface area (TPSA) is 39.2 Å². The van der Waals surface area contributed by atoms with Crippen molar-refractivity contribution in [1.29, 1.82) is 0 Å². The van der Waals surface area contributed by atoms with Crippen LogP contribution in [-0.2, 0) is 0 Å². The van der Waals surface area contributed by atoms with Crippen molar-refractivity contribution in [3.63, 3.8) is 0 Å². The Morgan fingerprint density at radius 3 is 2.42 bits per heavy atom. The first kappa shape index (κ1) is 13.1. The van der Waals surface area contributed by atoms with Gasteiger partial charge < -0.3 is 4.74 Å². The van der Waals surface area contributed by atoms with Gasteiger partial charge in [-0.25, -0.2) is 18.2 Å². The Labute approximate surface area is 106 Å². The number of ketones is 1. The highest BCUT2D eigenvalue weighted by Crippen LogP contribution is 2.22. The summed E-state index contributed by atoms with van der Waals surface area (Å²) in [6, 6.07) is 3.81. The van der Waals surface area contributed by atoms with E-state index in [2.05, 4.69) is 4.98 Å². The summed E-state index contributed by atoms with van der Waals surface area (Å²) in [5, 5.41) is 0. The van der Waals surface area contributed by atoms with Crippen LogP contribution in [-0.4, -0.2) is 17.9 Å². The minimum Gasteiger partial charge on any atom is -0.494 e. The summed E-state index contributed by atoms with van der Waals surface area (Å²) in [5.74, 6) is -4.59. The molecule has 0 radical (unpaired) electrons. The average molecular weight is 267 g/mol. The van der Waals surface area contributed by atoms with Gasteiger partial charge in [-0.1, -0.05) is 0 Å². The molecule has 1 aromatic carbocycles. The van der Waals surface area contributed by atoms with Crippen molar-refractivity contribution < 1.29 is 22.7 Å². The van der Waals surface area contributed by atoms with E-state index in [1.165, 1.54) is 25.4 Å². The molecule has 0 N–H and O–H groups in total. The Hall–Kier alpha value is -2.37. The lowest BCUT2D eigenvalue weighted by molar-refractivity contribution is 0.102. The van der Waals surface area contributed by atoms with Crippen LogP contribution in [0.1, 0.15) is 16.1 Å². The number of benzene rings is 1. The van der Waals surface area contributed by atoms with E-state index in [4.69, 9.17) is 4.74 Å². The number of hydrogen-bond acceptors (Lipinski definition) is 3. The fourth-order valence-corrected chi connectivity index (χ4v) is 1.60. The van der Waals surface area contributed by atoms with E-state index in [-0.39, 0.29) is 11.4 Å². The second kappa shape index (κ2) is 5.09. The van der Waals surface area contributed by atoms with E-state index >= 15 is 0 Å². The van der Waals surface area contributed by atoms with E-state index in [1.807, 2.05) is 0 Å². The fourth-order valence-electron chi connectivity index (χ4n) is 1.60. The molecule has 1 heterocycles. The summed E-state index contributed by atoms with van der Waals surface area (Å²) in [6.45, 7) is 0. The Bertz CT molecular complexity index is 621. The molecule has 0 bridgehead atoms. The number of carbonyl (C=O) groups is 1. The van der Waals surface area contributed by atoms with Crippen LogP contribution in [0.4, 0.5) is 13.2 Å². The quantitative estimate of drug-likeness (QED) is 0.803. The molecule has 0 fully saturated rings. The van der Waals surface area contributed by atoms with Crippen LogP contribution in [0.15, 0.2) is 30.5 Å². The third-order valence-corrected chi connectivity index (χ3v) is 2.44. The predicted molar refractivity (Wildman–Crippen MR) is 60.5 cm³/mol. The van der Waals surface area contributed by atoms with Crippen LogP contribution in [0.3, 0.4) is 0 Å². The molecular formula is C13H8F3NO2. The first-order valence-corrected chi connectivity index (χ1v) is 5.23. The van der Waals surface area contributed by atoms with E-state index in [1.54, 1.807) is 0 Å². The zero-order valence-corrected chi connectivity index (χ0v) is 9.78. The number of pyridine rings is 1. The summed E-state index contributed by atoms with van der Waals surface area (Å²) in [7, 11) is 1.30. The Balaban J connectivity index is 2.57. The molecule has 98 valence electrons. The van der Waals surface area contributed by atoms with Crippen LogP contribution in [0.5, 0.6) is 5.75 Å². The van der Waals surface area contributed by atoms with E-state index in [9.17, 15) is 18.0 Å². The van der Waals surface area contributed by atoms with Gasteiger partial charge in [0.25, 0.3) is 0 Å². The van der Waals surface area contributed by atoms with E-state index in [0.717, 1.165) is 0 Å². The highest BCUT2D eigenvalue weighted by Gasteiger charge is 2.24. The number of aromatic nitrogens is 1. The molecule has 19 heavy (non-hydrogen) atoms. The van der Waals surface area contributed by atoms with Gasteiger partial charge in [-0.3, -0.25) is 4.79 Å². The molecule has 2 aromatic rings. The second-order valence-corrected chi connectivity index (χ2v) is 3.63. The Morgan fingerprint density at radius 1 is 1.21 bits per heavy atom. The first-order chi connectivity index (χ1) is 9.04. The largest absolute Gasteiger partial charge is 0.494 e. The number of halogens is 3. The number of nitrogens with zero attached hydrogens (tertiary/aromatic N) is 1. The van der Waals surface area contributed by atoms with Crippen molar-refractivity contribution in [2.75, 3.05) is 7.11 Å². The van der Waals surface area contributed by atoms with Gasteiger partial charge in [-0.05, 0) is 12.1 Å². The standard InChI is InChI=1S/C13H8F3NO2/c1-19-10-3-2-4-17-12(10)13(18)11-8(15)5-7(14)6-9(11)16/h2-6H,1H3. The van der Waals surface area contributed by atoms with E-state index in [0.29, 0.717) is 12.1 Å². The molecule has 3 nitrogen and oxygen atoms in total. The zero-order chi connectivity index (χ0) is 14.0. The summed E-state index contributed by atoms with van der Waals surface area (Å²) in [6.07, 6.45) is 1.29. The van der Waals surface area contributed by atoms with Crippen molar-refractivity contribution in [3.8, 4) is 5.75 Å². The lowest BCUT2D eigenvalue weighted by Crippen LogP contribution is -2.11. The van der Waals surface area contributed by atoms with Gasteiger partial charge in [0.15, 0.2) is 5.69 Å². The van der Waals surface area contributed by atoms with Gasteiger partial charge in [0.05, 0.1) is 12.7 Å². The van der Waals surface area contributed by atoms with Crippen LogP contribution in [0.2, 0.25) is 0 Å². The normalized spacial score (nSPS) is 10.3. The predicted octanol–water partition coefficient (Wildman–Crippen LogP) is 2.74. The Kier molecular flexibility index (Phi) is 3.50. The smallest absolute Gasteiger partial charge is 0.221 e. The van der Waals surface area contributed by atoms with Gasteiger partial charge in [-0.15, -0.1) is 0 Å². The second-order valence-electron chi connectivity index (χ2n) is 3.63. The van der Waals surface area contributed by atoms with Crippen molar-refractivity contribution in [3.05, 3.63) is 59.2 Å². The molecule has 6 heteroatoms. The van der Waals surface area contributed by atoms with Gasteiger partial charge in [0.2, 0.25) is 5.78 Å². The summed E-state index contributed by atoms with van der Waals surface area (Å²) < 4.78 is 44.7. The Morgan fingerprint density at radius 2 is 1.84 bits per heavy atom. The number of ether oxygens (including phenoxy) is 1. The number of carbonyl (C=O) groups excluding carboxylic acids is 1. The van der Waals surface area contributed by atoms with Crippen LogP contribution in [0, 0.1) is 17.5 Å². The summed E-state index contributed by atoms with van der Waals surface area (Å²) in [5.41, 5.74) is -1.10. The number of hydrogen-bond donors (Lipinski definition) is 0. The molecule has 0 saturated heterocycles.